The van der Waals surface area contributed by atoms with Crippen LogP contribution in [0.2, 0.25) is 0 Å². The number of aromatic nitrogens is 1. The van der Waals surface area contributed by atoms with Crippen molar-refractivity contribution in [3.8, 4) is 5.88 Å². The molecule has 2 amide bonds. The molecule has 2 aliphatic heterocycles. The summed E-state index contributed by atoms with van der Waals surface area (Å²) in [6.45, 7) is 1.43. The highest BCUT2D eigenvalue weighted by molar-refractivity contribution is 7.91. The fraction of sp³-hybridized carbons (Fsp3) is 0.435. The van der Waals surface area contributed by atoms with Gasteiger partial charge in [-0.25, -0.2) is 22.2 Å². The first kappa shape index (κ1) is 25.9. The van der Waals surface area contributed by atoms with Crippen LogP contribution in [-0.2, 0) is 20.0 Å². The number of carbonyl (C=O) groups excluding carboxylic acids is 2. The van der Waals surface area contributed by atoms with Crippen molar-refractivity contribution in [2.24, 2.45) is 0 Å². The van der Waals surface area contributed by atoms with E-state index in [9.17, 15) is 31.2 Å². The third kappa shape index (κ3) is 4.63. The van der Waals surface area contributed by atoms with E-state index in [1.54, 1.807) is 6.92 Å². The van der Waals surface area contributed by atoms with Gasteiger partial charge in [-0.05, 0) is 51.3 Å². The Hall–Kier alpha value is -3.22. The summed E-state index contributed by atoms with van der Waals surface area (Å²) in [4.78, 5) is 30.5. The quantitative estimate of drug-likeness (QED) is 0.594. The normalized spacial score (nSPS) is 19.8. The Kier molecular flexibility index (Phi) is 6.26. The second-order valence-corrected chi connectivity index (χ2v) is 11.9. The molecular formula is C23H23F4N3O5S. The zero-order chi connectivity index (χ0) is 26.6. The van der Waals surface area contributed by atoms with Gasteiger partial charge in [0.25, 0.3) is 5.91 Å². The monoisotopic (exact) mass is 529 g/mol. The number of ether oxygens (including phenoxy) is 1. The minimum atomic E-state index is -3.24. The average Bonchev–Trinajstić information content (AvgIpc) is 2.96. The fourth-order valence-corrected chi connectivity index (χ4v) is 6.08. The minimum absolute atomic E-state index is 0.0675. The molecule has 8 nitrogen and oxygen atoms in total. The summed E-state index contributed by atoms with van der Waals surface area (Å²) in [5.74, 6) is -4.37. The van der Waals surface area contributed by atoms with Crippen LogP contribution in [0.5, 0.6) is 5.88 Å². The first-order valence-corrected chi connectivity index (χ1v) is 12.8. The summed E-state index contributed by atoms with van der Waals surface area (Å²) < 4.78 is 82.8. The number of nitrogens with zero attached hydrogens (tertiary/aromatic N) is 2. The third-order valence-electron chi connectivity index (χ3n) is 6.59. The number of alkyl halides is 2. The Balaban J connectivity index is 1.72. The Morgan fingerprint density at radius 2 is 1.72 bits per heavy atom. The van der Waals surface area contributed by atoms with Gasteiger partial charge in [-0.3, -0.25) is 14.5 Å². The SMILES string of the molecule is CC1(NC(=O)c2cc3c(cc2F)N(c2cc(OC(F)F)ncc2F)C(=O)C3(C)C)CCS(=O)(=O)CC1. The van der Waals surface area contributed by atoms with Crippen LogP contribution in [-0.4, -0.2) is 48.9 Å². The smallest absolute Gasteiger partial charge is 0.388 e. The summed E-state index contributed by atoms with van der Waals surface area (Å²) in [7, 11) is -3.19. The molecule has 4 rings (SSSR count). The average molecular weight is 530 g/mol. The zero-order valence-electron chi connectivity index (χ0n) is 19.6. The van der Waals surface area contributed by atoms with E-state index in [2.05, 4.69) is 15.0 Å². The Morgan fingerprint density at radius 1 is 1.08 bits per heavy atom. The van der Waals surface area contributed by atoms with Gasteiger partial charge in [-0.2, -0.15) is 8.78 Å². The summed E-state index contributed by atoms with van der Waals surface area (Å²) >= 11 is 0. The van der Waals surface area contributed by atoms with Crippen LogP contribution in [0.4, 0.5) is 28.9 Å². The van der Waals surface area contributed by atoms with Crippen LogP contribution in [0.3, 0.4) is 0 Å². The molecule has 1 aromatic carbocycles. The summed E-state index contributed by atoms with van der Waals surface area (Å²) in [6, 6.07) is 2.90. The maximum atomic E-state index is 15.2. The second kappa shape index (κ2) is 8.71. The van der Waals surface area contributed by atoms with Crippen LogP contribution in [0.15, 0.2) is 24.4 Å². The van der Waals surface area contributed by atoms with Crippen LogP contribution in [0, 0.1) is 11.6 Å². The molecule has 1 fully saturated rings. The van der Waals surface area contributed by atoms with E-state index in [0.29, 0.717) is 6.20 Å². The molecular weight excluding hydrogens is 506 g/mol. The van der Waals surface area contributed by atoms with Crippen molar-refractivity contribution in [2.75, 3.05) is 16.4 Å². The van der Waals surface area contributed by atoms with Crippen LogP contribution in [0.1, 0.15) is 49.5 Å². The van der Waals surface area contributed by atoms with Crippen molar-refractivity contribution in [3.05, 3.63) is 47.2 Å². The number of sulfone groups is 1. The predicted octanol–water partition coefficient (Wildman–Crippen LogP) is 3.61. The van der Waals surface area contributed by atoms with Crippen molar-refractivity contribution in [2.45, 2.75) is 51.2 Å². The standard InChI is InChI=1S/C23H23F4N3O5S/c1-22(2)13-8-12(19(31)29-23(3)4-6-36(33,34)7-5-23)14(24)9-16(13)30(20(22)32)17-10-18(35-21(26)27)28-11-15(17)25/h8-11,21H,4-7H2,1-3H3,(H,29,31). The van der Waals surface area contributed by atoms with Gasteiger partial charge in [0.2, 0.25) is 11.8 Å². The summed E-state index contributed by atoms with van der Waals surface area (Å²) in [5, 5.41) is 2.70. The molecule has 2 aliphatic rings. The number of amides is 2. The molecule has 0 atom stereocenters. The fourth-order valence-electron chi connectivity index (χ4n) is 4.36. The Labute approximate surface area is 204 Å². The van der Waals surface area contributed by atoms with E-state index in [-0.39, 0.29) is 41.2 Å². The second-order valence-electron chi connectivity index (χ2n) is 9.63. The van der Waals surface area contributed by atoms with Crippen LogP contribution in [0.25, 0.3) is 0 Å². The van der Waals surface area contributed by atoms with Crippen molar-refractivity contribution < 1.29 is 40.3 Å². The highest BCUT2D eigenvalue weighted by Crippen LogP contribution is 2.47. The number of benzene rings is 1. The van der Waals surface area contributed by atoms with Crippen molar-refractivity contribution >= 4 is 33.0 Å². The maximum absolute atomic E-state index is 15.2. The van der Waals surface area contributed by atoms with Gasteiger partial charge in [0.15, 0.2) is 5.82 Å². The lowest BCUT2D eigenvalue weighted by Gasteiger charge is -2.34. The molecule has 0 radical (unpaired) electrons. The molecule has 2 aromatic rings. The summed E-state index contributed by atoms with van der Waals surface area (Å²) in [5.41, 5.74) is -2.90. The lowest BCUT2D eigenvalue weighted by atomic mass is 9.85. The van der Waals surface area contributed by atoms with Crippen LogP contribution < -0.4 is 15.0 Å². The molecule has 194 valence electrons. The van der Waals surface area contributed by atoms with Gasteiger partial charge in [0, 0.05) is 11.6 Å². The molecule has 1 aromatic heterocycles. The van der Waals surface area contributed by atoms with Gasteiger partial charge in [-0.15, -0.1) is 0 Å². The number of pyridine rings is 1. The minimum Gasteiger partial charge on any atom is -0.417 e. The predicted molar refractivity (Wildman–Crippen MR) is 121 cm³/mol. The number of carbonyl (C=O) groups is 2. The molecule has 0 aliphatic carbocycles. The number of hydrogen-bond donors (Lipinski definition) is 1. The van der Waals surface area contributed by atoms with Crippen molar-refractivity contribution in [1.29, 1.82) is 0 Å². The molecule has 0 spiro atoms. The van der Waals surface area contributed by atoms with Crippen molar-refractivity contribution in [1.82, 2.24) is 10.3 Å². The Morgan fingerprint density at radius 3 is 2.33 bits per heavy atom. The highest BCUT2D eigenvalue weighted by Gasteiger charge is 2.47. The largest absolute Gasteiger partial charge is 0.417 e. The molecule has 13 heteroatoms. The van der Waals surface area contributed by atoms with E-state index < -0.39 is 62.4 Å². The number of anilines is 2. The highest BCUT2D eigenvalue weighted by atomic mass is 32.2. The third-order valence-corrected chi connectivity index (χ3v) is 8.24. The molecule has 3 heterocycles. The number of fused-ring (bicyclic) bond motifs is 1. The molecule has 36 heavy (non-hydrogen) atoms. The van der Waals surface area contributed by atoms with Gasteiger partial charge in [-0.1, -0.05) is 0 Å². The molecule has 0 bridgehead atoms. The number of hydrogen-bond acceptors (Lipinski definition) is 6. The molecule has 1 saturated heterocycles. The van der Waals surface area contributed by atoms with Gasteiger partial charge in [0.1, 0.15) is 15.7 Å². The van der Waals surface area contributed by atoms with E-state index in [4.69, 9.17) is 0 Å². The number of halogens is 4. The first-order chi connectivity index (χ1) is 16.6. The van der Waals surface area contributed by atoms with Gasteiger partial charge >= 0.3 is 6.61 Å². The van der Waals surface area contributed by atoms with E-state index in [1.807, 2.05) is 0 Å². The van der Waals surface area contributed by atoms with Crippen LogP contribution >= 0.6 is 0 Å². The first-order valence-electron chi connectivity index (χ1n) is 11.0. The van der Waals surface area contributed by atoms with Crippen molar-refractivity contribution in [3.63, 3.8) is 0 Å². The van der Waals surface area contributed by atoms with E-state index in [1.165, 1.54) is 19.9 Å². The molecule has 1 N–H and O–H groups in total. The van der Waals surface area contributed by atoms with Gasteiger partial charge < -0.3 is 10.1 Å². The summed E-state index contributed by atoms with van der Waals surface area (Å²) in [6.07, 6.45) is 0.931. The number of rotatable bonds is 5. The lowest BCUT2D eigenvalue weighted by molar-refractivity contribution is -0.121. The van der Waals surface area contributed by atoms with E-state index in [0.717, 1.165) is 17.0 Å². The molecule has 0 saturated carbocycles. The topological polar surface area (TPSA) is 106 Å². The molecule has 0 unspecified atom stereocenters. The lowest BCUT2D eigenvalue weighted by Crippen LogP contribution is -2.51. The maximum Gasteiger partial charge on any atom is 0.388 e. The zero-order valence-corrected chi connectivity index (χ0v) is 20.4. The van der Waals surface area contributed by atoms with Gasteiger partial charge in [0.05, 0.1) is 40.1 Å². The van der Waals surface area contributed by atoms with E-state index >= 15 is 4.39 Å². The Bertz CT molecular complexity index is 1350. The number of nitrogens with one attached hydrogen (secondary N) is 1.